The van der Waals surface area contributed by atoms with Crippen LogP contribution in [-0.2, 0) is 0 Å². The van der Waals surface area contributed by atoms with Crippen LogP contribution in [-0.4, -0.2) is 58.3 Å². The fourth-order valence-electron chi connectivity index (χ4n) is 3.78. The molecule has 27 heavy (non-hydrogen) atoms. The van der Waals surface area contributed by atoms with E-state index in [0.29, 0.717) is 17.0 Å². The Hall–Kier alpha value is -2.93. The highest BCUT2D eigenvalue weighted by molar-refractivity contribution is 5.93. The first-order chi connectivity index (χ1) is 13.2. The van der Waals surface area contributed by atoms with E-state index >= 15 is 0 Å². The molecule has 5 rings (SSSR count). The van der Waals surface area contributed by atoms with E-state index in [0.717, 1.165) is 42.6 Å². The van der Waals surface area contributed by atoms with Gasteiger partial charge in [0.15, 0.2) is 5.82 Å². The number of hydrogen-bond acceptors (Lipinski definition) is 4. The average molecular weight is 364 g/mol. The van der Waals surface area contributed by atoms with Crippen molar-refractivity contribution in [3.05, 3.63) is 42.2 Å². The van der Waals surface area contributed by atoms with Crippen LogP contribution in [0.25, 0.3) is 33.5 Å². The van der Waals surface area contributed by atoms with Gasteiger partial charge in [0, 0.05) is 30.7 Å². The Balaban J connectivity index is 1.52. The van der Waals surface area contributed by atoms with Gasteiger partial charge in [0.1, 0.15) is 11.5 Å². The van der Waals surface area contributed by atoms with E-state index in [1.165, 1.54) is 24.2 Å². The third kappa shape index (κ3) is 2.94. The molecule has 1 fully saturated rings. The van der Waals surface area contributed by atoms with Crippen molar-refractivity contribution in [1.82, 2.24) is 25.1 Å². The van der Waals surface area contributed by atoms with Crippen molar-refractivity contribution >= 4 is 27.6 Å². The van der Waals surface area contributed by atoms with Gasteiger partial charge in [-0.2, -0.15) is 5.10 Å². The van der Waals surface area contributed by atoms with Crippen molar-refractivity contribution in [2.24, 2.45) is 0 Å². The number of imidazole rings is 1. The van der Waals surface area contributed by atoms with E-state index in [4.69, 9.17) is 0 Å². The maximum absolute atomic E-state index is 13.4. The molecular formula is C20H21FN6. The molecule has 0 unspecified atom stereocenters. The summed E-state index contributed by atoms with van der Waals surface area (Å²) in [6.07, 6.45) is 1.17. The molecule has 2 N–H and O–H groups in total. The molecule has 2 aromatic heterocycles. The minimum atomic E-state index is -0.282. The maximum atomic E-state index is 13.4. The van der Waals surface area contributed by atoms with E-state index in [1.54, 1.807) is 6.07 Å². The number of likely N-dealkylation sites (N-methyl/N-ethyl adjacent to an activating group) is 1. The predicted octanol–water partition coefficient (Wildman–Crippen LogP) is 3.39. The molecule has 0 bridgehead atoms. The highest BCUT2D eigenvalue weighted by atomic mass is 19.1. The lowest BCUT2D eigenvalue weighted by Gasteiger charge is -2.22. The van der Waals surface area contributed by atoms with Gasteiger partial charge in [-0.1, -0.05) is 0 Å². The smallest absolute Gasteiger partial charge is 0.159 e. The average Bonchev–Trinajstić information content (AvgIpc) is 3.20. The Morgan fingerprint density at radius 2 is 1.93 bits per heavy atom. The zero-order valence-corrected chi connectivity index (χ0v) is 15.2. The quantitative estimate of drug-likeness (QED) is 0.572. The summed E-state index contributed by atoms with van der Waals surface area (Å²) in [4.78, 5) is 12.9. The highest BCUT2D eigenvalue weighted by Crippen LogP contribution is 2.28. The molecule has 7 heteroatoms. The third-order valence-corrected chi connectivity index (χ3v) is 5.30. The summed E-state index contributed by atoms with van der Waals surface area (Å²) in [5.41, 5.74) is 4.47. The number of H-pyrrole nitrogens is 2. The first-order valence-electron chi connectivity index (χ1n) is 9.25. The third-order valence-electron chi connectivity index (χ3n) is 5.30. The number of fused-ring (bicyclic) bond motifs is 2. The first-order valence-corrected chi connectivity index (χ1v) is 9.25. The van der Waals surface area contributed by atoms with Gasteiger partial charge >= 0.3 is 0 Å². The normalized spacial score (nSPS) is 16.3. The lowest BCUT2D eigenvalue weighted by atomic mass is 10.2. The summed E-state index contributed by atoms with van der Waals surface area (Å²) >= 11 is 0. The maximum Gasteiger partial charge on any atom is 0.159 e. The summed E-state index contributed by atoms with van der Waals surface area (Å²) in [6, 6.07) is 11.0. The predicted molar refractivity (Wildman–Crippen MR) is 105 cm³/mol. The molecule has 0 spiro atoms. The van der Waals surface area contributed by atoms with E-state index in [-0.39, 0.29) is 5.82 Å². The van der Waals surface area contributed by atoms with E-state index < -0.39 is 0 Å². The molecule has 6 nitrogen and oxygen atoms in total. The summed E-state index contributed by atoms with van der Waals surface area (Å²) in [6.45, 7) is 4.30. The monoisotopic (exact) mass is 364 g/mol. The van der Waals surface area contributed by atoms with Gasteiger partial charge in [-0.3, -0.25) is 5.10 Å². The summed E-state index contributed by atoms with van der Waals surface area (Å²) in [5.74, 6) is 0.408. The van der Waals surface area contributed by atoms with Gasteiger partial charge in [-0.25, -0.2) is 9.37 Å². The molecule has 1 aliphatic rings. The molecule has 4 aromatic rings. The van der Waals surface area contributed by atoms with Crippen LogP contribution in [0.1, 0.15) is 6.42 Å². The molecule has 1 saturated heterocycles. The van der Waals surface area contributed by atoms with E-state index in [1.807, 2.05) is 6.07 Å². The van der Waals surface area contributed by atoms with Gasteiger partial charge in [0.05, 0.1) is 16.6 Å². The molecule has 138 valence electrons. The molecule has 0 aliphatic carbocycles. The number of anilines is 1. The number of rotatable bonds is 2. The topological polar surface area (TPSA) is 63.8 Å². The molecule has 0 atom stereocenters. The standard InChI is InChI=1S/C20H21FN6/c1-26-7-2-8-27(10-9-26)14-4-6-16-18(12-14)23-20(22-16)19-15-5-3-13(21)11-17(15)24-25-19/h3-6,11-12H,2,7-10H2,1H3,(H,22,23)(H,24,25). The Bertz CT molecular complexity index is 1110. The van der Waals surface area contributed by atoms with Crippen LogP contribution in [0.3, 0.4) is 0 Å². The molecule has 0 saturated carbocycles. The lowest BCUT2D eigenvalue weighted by Crippen LogP contribution is -2.28. The molecule has 0 amide bonds. The number of hydrogen-bond donors (Lipinski definition) is 2. The van der Waals surface area contributed by atoms with Gasteiger partial charge in [0.25, 0.3) is 0 Å². The summed E-state index contributed by atoms with van der Waals surface area (Å²) in [7, 11) is 2.17. The van der Waals surface area contributed by atoms with Crippen LogP contribution in [0.5, 0.6) is 0 Å². The fourth-order valence-corrected chi connectivity index (χ4v) is 3.78. The van der Waals surface area contributed by atoms with E-state index in [2.05, 4.69) is 49.1 Å². The van der Waals surface area contributed by atoms with Crippen LogP contribution in [0, 0.1) is 5.82 Å². The number of halogens is 1. The van der Waals surface area contributed by atoms with Crippen molar-refractivity contribution in [2.45, 2.75) is 6.42 Å². The zero-order valence-electron chi connectivity index (χ0n) is 15.2. The number of benzene rings is 2. The zero-order chi connectivity index (χ0) is 18.4. The molecule has 0 radical (unpaired) electrons. The van der Waals surface area contributed by atoms with E-state index in [9.17, 15) is 4.39 Å². The van der Waals surface area contributed by atoms with Crippen LogP contribution < -0.4 is 4.90 Å². The lowest BCUT2D eigenvalue weighted by molar-refractivity contribution is 0.360. The molecule has 1 aliphatic heterocycles. The Morgan fingerprint density at radius 3 is 2.85 bits per heavy atom. The summed E-state index contributed by atoms with van der Waals surface area (Å²) < 4.78 is 13.4. The number of aromatic nitrogens is 4. The van der Waals surface area contributed by atoms with Crippen LogP contribution in [0.15, 0.2) is 36.4 Å². The second-order valence-corrected chi connectivity index (χ2v) is 7.19. The second kappa shape index (κ2) is 6.35. The first kappa shape index (κ1) is 16.3. The van der Waals surface area contributed by atoms with Gasteiger partial charge < -0.3 is 14.8 Å². The van der Waals surface area contributed by atoms with Gasteiger partial charge in [0.2, 0.25) is 0 Å². The number of nitrogens with one attached hydrogen (secondary N) is 2. The molecular weight excluding hydrogens is 343 g/mol. The molecule has 3 heterocycles. The summed E-state index contributed by atoms with van der Waals surface area (Å²) in [5, 5.41) is 8.07. The second-order valence-electron chi connectivity index (χ2n) is 7.19. The van der Waals surface area contributed by atoms with Crippen LogP contribution in [0.4, 0.5) is 10.1 Å². The number of nitrogens with zero attached hydrogens (tertiary/aromatic N) is 4. The SMILES string of the molecule is CN1CCCN(c2ccc3nc(-c4n[nH]c5cc(F)ccc45)[nH]c3c2)CC1. The van der Waals surface area contributed by atoms with Crippen molar-refractivity contribution in [3.63, 3.8) is 0 Å². The highest BCUT2D eigenvalue weighted by Gasteiger charge is 2.16. The Morgan fingerprint density at radius 1 is 1.00 bits per heavy atom. The van der Waals surface area contributed by atoms with Crippen molar-refractivity contribution in [2.75, 3.05) is 38.1 Å². The van der Waals surface area contributed by atoms with Crippen molar-refractivity contribution in [3.8, 4) is 11.5 Å². The minimum Gasteiger partial charge on any atom is -0.370 e. The molecule has 2 aromatic carbocycles. The van der Waals surface area contributed by atoms with Crippen molar-refractivity contribution in [1.29, 1.82) is 0 Å². The Kier molecular flexibility index (Phi) is 3.82. The Labute approximate surface area is 156 Å². The fraction of sp³-hybridized carbons (Fsp3) is 0.300. The van der Waals surface area contributed by atoms with Gasteiger partial charge in [-0.15, -0.1) is 0 Å². The van der Waals surface area contributed by atoms with Gasteiger partial charge in [-0.05, 0) is 56.4 Å². The largest absolute Gasteiger partial charge is 0.370 e. The van der Waals surface area contributed by atoms with Crippen LogP contribution >= 0.6 is 0 Å². The number of aromatic amines is 2. The minimum absolute atomic E-state index is 0.282. The van der Waals surface area contributed by atoms with Crippen molar-refractivity contribution < 1.29 is 4.39 Å². The van der Waals surface area contributed by atoms with Crippen LogP contribution in [0.2, 0.25) is 0 Å².